The molecular formula is C10H11N3O2S. The smallest absolute Gasteiger partial charge is 0.257 e. The molecule has 1 amide bonds. The van der Waals surface area contributed by atoms with Gasteiger partial charge in [-0.3, -0.25) is 4.79 Å². The van der Waals surface area contributed by atoms with Crippen LogP contribution in [-0.4, -0.2) is 16.1 Å². The minimum absolute atomic E-state index is 0.370. The van der Waals surface area contributed by atoms with Gasteiger partial charge < -0.3 is 15.9 Å². The molecule has 0 bridgehead atoms. The molecule has 0 radical (unpaired) electrons. The summed E-state index contributed by atoms with van der Waals surface area (Å²) in [5.41, 5.74) is 12.7. The van der Waals surface area contributed by atoms with E-state index in [9.17, 15) is 4.79 Å². The summed E-state index contributed by atoms with van der Waals surface area (Å²) >= 11 is 1.19. The lowest BCUT2D eigenvalue weighted by Crippen LogP contribution is -2.22. The highest BCUT2D eigenvalue weighted by molar-refractivity contribution is 8.00. The molecule has 1 unspecified atom stereocenters. The average Bonchev–Trinajstić information content (AvgIpc) is 2.58. The molecule has 1 atom stereocenters. The summed E-state index contributed by atoms with van der Waals surface area (Å²) in [6, 6.07) is 5.20. The highest BCUT2D eigenvalue weighted by Crippen LogP contribution is 2.27. The molecule has 6 heteroatoms. The average molecular weight is 237 g/mol. The van der Waals surface area contributed by atoms with Crippen molar-refractivity contribution in [3.8, 4) is 0 Å². The van der Waals surface area contributed by atoms with Crippen molar-refractivity contribution >= 4 is 34.5 Å². The highest BCUT2D eigenvalue weighted by Gasteiger charge is 2.15. The van der Waals surface area contributed by atoms with Crippen LogP contribution < -0.4 is 11.5 Å². The number of hydrogen-bond acceptors (Lipinski definition) is 5. The number of rotatable bonds is 3. The molecule has 16 heavy (non-hydrogen) atoms. The minimum Gasteiger partial charge on any atom is -0.431 e. The second kappa shape index (κ2) is 4.05. The third-order valence-corrected chi connectivity index (χ3v) is 3.03. The van der Waals surface area contributed by atoms with Crippen LogP contribution in [0.3, 0.4) is 0 Å². The number of nitrogens with two attached hydrogens (primary N) is 2. The summed E-state index contributed by atoms with van der Waals surface area (Å²) in [7, 11) is 0. The van der Waals surface area contributed by atoms with Crippen LogP contribution >= 0.6 is 11.8 Å². The molecule has 0 saturated carbocycles. The molecule has 0 fully saturated rings. The molecular weight excluding hydrogens is 226 g/mol. The van der Waals surface area contributed by atoms with Crippen molar-refractivity contribution in [1.29, 1.82) is 0 Å². The summed E-state index contributed by atoms with van der Waals surface area (Å²) < 4.78 is 5.43. The summed E-state index contributed by atoms with van der Waals surface area (Å²) in [5, 5.41) is 0.0531. The first kappa shape index (κ1) is 10.8. The minimum atomic E-state index is -0.397. The molecule has 0 aliphatic carbocycles. The van der Waals surface area contributed by atoms with Crippen molar-refractivity contribution in [2.45, 2.75) is 17.4 Å². The van der Waals surface area contributed by atoms with Gasteiger partial charge in [0, 0.05) is 5.69 Å². The molecule has 84 valence electrons. The van der Waals surface area contributed by atoms with Gasteiger partial charge in [0.1, 0.15) is 5.52 Å². The largest absolute Gasteiger partial charge is 0.431 e. The first-order valence-corrected chi connectivity index (χ1v) is 5.56. The summed E-state index contributed by atoms with van der Waals surface area (Å²) in [6.07, 6.45) is 0. The molecule has 5 nitrogen and oxygen atoms in total. The lowest BCUT2D eigenvalue weighted by Gasteiger charge is -2.00. The molecule has 0 aliphatic heterocycles. The monoisotopic (exact) mass is 237 g/mol. The number of thioether (sulfide) groups is 1. The number of fused-ring (bicyclic) bond motifs is 1. The van der Waals surface area contributed by atoms with Gasteiger partial charge in [-0.25, -0.2) is 4.98 Å². The van der Waals surface area contributed by atoms with Gasteiger partial charge in [-0.2, -0.15) is 0 Å². The second-order valence-electron chi connectivity index (χ2n) is 3.37. The van der Waals surface area contributed by atoms with Gasteiger partial charge >= 0.3 is 0 Å². The van der Waals surface area contributed by atoms with E-state index >= 15 is 0 Å². The number of aromatic nitrogens is 1. The van der Waals surface area contributed by atoms with Crippen molar-refractivity contribution in [3.05, 3.63) is 18.2 Å². The number of carbonyl (C=O) groups is 1. The number of benzene rings is 1. The van der Waals surface area contributed by atoms with Crippen LogP contribution in [0.4, 0.5) is 5.69 Å². The van der Waals surface area contributed by atoms with E-state index in [1.807, 2.05) is 0 Å². The maximum Gasteiger partial charge on any atom is 0.257 e. The molecule has 1 heterocycles. The lowest BCUT2D eigenvalue weighted by molar-refractivity contribution is -0.117. The van der Waals surface area contributed by atoms with Crippen LogP contribution in [-0.2, 0) is 4.79 Å². The summed E-state index contributed by atoms with van der Waals surface area (Å²) in [6.45, 7) is 1.70. The number of nitrogens with zero attached hydrogens (tertiary/aromatic N) is 1. The standard InChI is InChI=1S/C10H11N3O2S/c1-5(9(12)14)16-10-13-7-4-6(11)2-3-8(7)15-10/h2-5H,11H2,1H3,(H2,12,14). The number of amides is 1. The van der Waals surface area contributed by atoms with Crippen molar-refractivity contribution in [2.75, 3.05) is 5.73 Å². The number of nitrogen functional groups attached to an aromatic ring is 1. The Labute approximate surface area is 96.2 Å². The zero-order valence-electron chi connectivity index (χ0n) is 8.64. The first-order valence-electron chi connectivity index (χ1n) is 4.68. The summed E-state index contributed by atoms with van der Waals surface area (Å²) in [5.74, 6) is -0.397. The van der Waals surface area contributed by atoms with Gasteiger partial charge in [-0.1, -0.05) is 11.8 Å². The van der Waals surface area contributed by atoms with E-state index in [-0.39, 0.29) is 5.25 Å². The van der Waals surface area contributed by atoms with Gasteiger partial charge in [-0.05, 0) is 25.1 Å². The maximum absolute atomic E-state index is 10.9. The number of oxazole rings is 1. The Balaban J connectivity index is 2.29. The zero-order chi connectivity index (χ0) is 11.7. The highest BCUT2D eigenvalue weighted by atomic mass is 32.2. The molecule has 0 saturated heterocycles. The third-order valence-electron chi connectivity index (χ3n) is 2.07. The summed E-state index contributed by atoms with van der Waals surface area (Å²) in [4.78, 5) is 15.1. The maximum atomic E-state index is 10.9. The van der Waals surface area contributed by atoms with E-state index in [1.54, 1.807) is 25.1 Å². The van der Waals surface area contributed by atoms with E-state index in [1.165, 1.54) is 11.8 Å². The van der Waals surface area contributed by atoms with Crippen LogP contribution in [0.25, 0.3) is 11.1 Å². The lowest BCUT2D eigenvalue weighted by atomic mass is 10.3. The Morgan fingerprint density at radius 2 is 2.31 bits per heavy atom. The first-order chi connectivity index (χ1) is 7.56. The van der Waals surface area contributed by atoms with Crippen LogP contribution in [0.5, 0.6) is 0 Å². The predicted molar refractivity (Wildman–Crippen MR) is 62.9 cm³/mol. The predicted octanol–water partition coefficient (Wildman–Crippen LogP) is 1.38. The molecule has 2 rings (SSSR count). The molecule has 0 spiro atoms. The topological polar surface area (TPSA) is 95.1 Å². The van der Waals surface area contributed by atoms with Gasteiger partial charge in [-0.15, -0.1) is 0 Å². The fourth-order valence-electron chi connectivity index (χ4n) is 1.18. The van der Waals surface area contributed by atoms with Gasteiger partial charge in [0.25, 0.3) is 5.22 Å². The number of carbonyl (C=O) groups excluding carboxylic acids is 1. The van der Waals surface area contributed by atoms with Crippen molar-refractivity contribution < 1.29 is 9.21 Å². The van der Waals surface area contributed by atoms with E-state index in [4.69, 9.17) is 15.9 Å². The van der Waals surface area contributed by atoms with Gasteiger partial charge in [0.05, 0.1) is 5.25 Å². The SMILES string of the molecule is CC(Sc1nc2cc(N)ccc2o1)C(N)=O. The Morgan fingerprint density at radius 3 is 3.00 bits per heavy atom. The van der Waals surface area contributed by atoms with E-state index < -0.39 is 5.91 Å². The molecule has 1 aromatic heterocycles. The number of anilines is 1. The Morgan fingerprint density at radius 1 is 1.56 bits per heavy atom. The Kier molecular flexibility index (Phi) is 2.74. The van der Waals surface area contributed by atoms with Crippen LogP contribution in [0.1, 0.15) is 6.92 Å². The second-order valence-corrected chi connectivity index (χ2v) is 4.66. The molecule has 2 aromatic rings. The fourth-order valence-corrected chi connectivity index (χ4v) is 1.89. The van der Waals surface area contributed by atoms with Crippen LogP contribution in [0.15, 0.2) is 27.8 Å². The van der Waals surface area contributed by atoms with Gasteiger partial charge in [0.15, 0.2) is 5.58 Å². The molecule has 1 aromatic carbocycles. The van der Waals surface area contributed by atoms with Crippen LogP contribution in [0, 0.1) is 0 Å². The quantitative estimate of drug-likeness (QED) is 0.621. The fraction of sp³-hybridized carbons (Fsp3) is 0.200. The van der Waals surface area contributed by atoms with Gasteiger partial charge in [0.2, 0.25) is 5.91 Å². The molecule has 0 aliphatic rings. The van der Waals surface area contributed by atoms with Crippen molar-refractivity contribution in [2.24, 2.45) is 5.73 Å². The van der Waals surface area contributed by atoms with E-state index in [2.05, 4.69) is 4.98 Å². The van der Waals surface area contributed by atoms with Crippen LogP contribution in [0.2, 0.25) is 0 Å². The Bertz CT molecular complexity index is 538. The van der Waals surface area contributed by atoms with E-state index in [0.29, 0.717) is 22.0 Å². The number of hydrogen-bond donors (Lipinski definition) is 2. The van der Waals surface area contributed by atoms with Crippen molar-refractivity contribution in [1.82, 2.24) is 4.98 Å². The Hall–Kier alpha value is -1.69. The molecule has 4 N–H and O–H groups in total. The van der Waals surface area contributed by atoms with Crippen molar-refractivity contribution in [3.63, 3.8) is 0 Å². The normalized spacial score (nSPS) is 12.8. The number of primary amides is 1. The van der Waals surface area contributed by atoms with E-state index in [0.717, 1.165) is 0 Å². The third kappa shape index (κ3) is 2.11. The zero-order valence-corrected chi connectivity index (χ0v) is 9.45.